The zero-order valence-electron chi connectivity index (χ0n) is 9.64. The minimum Gasteiger partial charge on any atom is -0.366 e. The predicted molar refractivity (Wildman–Crippen MR) is 74.7 cm³/mol. The third kappa shape index (κ3) is 3.56. The van der Waals surface area contributed by atoms with E-state index in [-0.39, 0.29) is 10.8 Å². The lowest BCUT2D eigenvalue weighted by Gasteiger charge is -2.07. The maximum Gasteiger partial charge on any atom is 0.276 e. The van der Waals surface area contributed by atoms with E-state index in [0.29, 0.717) is 17.4 Å². The number of halogens is 2. The number of nitrogens with one attached hydrogen (secondary N) is 1. The smallest absolute Gasteiger partial charge is 0.276 e. The van der Waals surface area contributed by atoms with E-state index in [0.717, 1.165) is 5.56 Å². The molecule has 2 aromatic rings. The quantitative estimate of drug-likeness (QED) is 0.528. The third-order valence-electron chi connectivity index (χ3n) is 2.41. The normalized spacial score (nSPS) is 10.2. The first-order chi connectivity index (χ1) is 9.06. The summed E-state index contributed by atoms with van der Waals surface area (Å²) in [5, 5.41) is 14.3. The van der Waals surface area contributed by atoms with Crippen molar-refractivity contribution in [3.05, 3.63) is 62.3 Å². The standard InChI is InChI=1S/C12H9Cl2N3O2/c13-10-4-2-1-3-8(10)7-15-12-6-9(17(18)19)5-11(14)16-12/h1-6H,7H2,(H,15,16). The Morgan fingerprint density at radius 2 is 2.00 bits per heavy atom. The molecule has 0 fully saturated rings. The fourth-order valence-corrected chi connectivity index (χ4v) is 1.91. The van der Waals surface area contributed by atoms with E-state index in [1.807, 2.05) is 18.2 Å². The molecule has 0 amide bonds. The van der Waals surface area contributed by atoms with Gasteiger partial charge in [0, 0.05) is 11.6 Å². The van der Waals surface area contributed by atoms with Crippen molar-refractivity contribution in [2.24, 2.45) is 0 Å². The van der Waals surface area contributed by atoms with Crippen molar-refractivity contribution in [2.45, 2.75) is 6.54 Å². The Kier molecular flexibility index (Phi) is 4.19. The highest BCUT2D eigenvalue weighted by Gasteiger charge is 2.10. The van der Waals surface area contributed by atoms with Gasteiger partial charge in [0.15, 0.2) is 0 Å². The second kappa shape index (κ2) is 5.86. The van der Waals surface area contributed by atoms with Gasteiger partial charge in [-0.05, 0) is 11.6 Å². The van der Waals surface area contributed by atoms with Crippen molar-refractivity contribution in [3.63, 3.8) is 0 Å². The number of nitro groups is 1. The van der Waals surface area contributed by atoms with Crippen LogP contribution in [-0.4, -0.2) is 9.91 Å². The predicted octanol–water partition coefficient (Wildman–Crippen LogP) is 3.91. The van der Waals surface area contributed by atoms with Gasteiger partial charge in [0.25, 0.3) is 5.69 Å². The van der Waals surface area contributed by atoms with Gasteiger partial charge in [0.2, 0.25) is 0 Å². The van der Waals surface area contributed by atoms with Crippen LogP contribution in [0.2, 0.25) is 10.2 Å². The van der Waals surface area contributed by atoms with E-state index < -0.39 is 4.92 Å². The van der Waals surface area contributed by atoms with E-state index >= 15 is 0 Å². The number of pyridine rings is 1. The number of benzene rings is 1. The van der Waals surface area contributed by atoms with E-state index in [2.05, 4.69) is 10.3 Å². The maximum atomic E-state index is 10.7. The van der Waals surface area contributed by atoms with Gasteiger partial charge in [0.1, 0.15) is 11.0 Å². The molecule has 0 aliphatic heterocycles. The highest BCUT2D eigenvalue weighted by molar-refractivity contribution is 6.31. The molecule has 0 bridgehead atoms. The highest BCUT2D eigenvalue weighted by atomic mass is 35.5. The van der Waals surface area contributed by atoms with Crippen LogP contribution in [0.5, 0.6) is 0 Å². The van der Waals surface area contributed by atoms with Crippen molar-refractivity contribution >= 4 is 34.7 Å². The lowest BCUT2D eigenvalue weighted by Crippen LogP contribution is -2.02. The molecular formula is C12H9Cl2N3O2. The van der Waals surface area contributed by atoms with Gasteiger partial charge in [-0.15, -0.1) is 0 Å². The fourth-order valence-electron chi connectivity index (χ4n) is 1.51. The molecule has 0 radical (unpaired) electrons. The van der Waals surface area contributed by atoms with Crippen LogP contribution in [0, 0.1) is 10.1 Å². The summed E-state index contributed by atoms with van der Waals surface area (Å²) in [5.41, 5.74) is 0.759. The van der Waals surface area contributed by atoms with Crippen molar-refractivity contribution in [1.29, 1.82) is 0 Å². The molecule has 98 valence electrons. The van der Waals surface area contributed by atoms with E-state index in [9.17, 15) is 10.1 Å². The first-order valence-electron chi connectivity index (χ1n) is 5.35. The van der Waals surface area contributed by atoms with E-state index in [1.165, 1.54) is 12.1 Å². The molecule has 0 aliphatic rings. The van der Waals surface area contributed by atoms with Gasteiger partial charge < -0.3 is 5.32 Å². The minimum absolute atomic E-state index is 0.0656. The molecule has 5 nitrogen and oxygen atoms in total. The summed E-state index contributed by atoms with van der Waals surface area (Å²) in [6, 6.07) is 9.83. The molecule has 0 spiro atoms. The Hall–Kier alpha value is -1.85. The lowest BCUT2D eigenvalue weighted by molar-refractivity contribution is -0.384. The van der Waals surface area contributed by atoms with Crippen LogP contribution in [0.1, 0.15) is 5.56 Å². The maximum absolute atomic E-state index is 10.7. The summed E-state index contributed by atoms with van der Waals surface area (Å²) >= 11 is 11.7. The molecule has 0 unspecified atom stereocenters. The molecule has 0 aliphatic carbocycles. The van der Waals surface area contributed by atoms with Crippen molar-refractivity contribution in [3.8, 4) is 0 Å². The number of hydrogen-bond donors (Lipinski definition) is 1. The molecule has 1 N–H and O–H groups in total. The largest absolute Gasteiger partial charge is 0.366 e. The molecule has 0 saturated heterocycles. The monoisotopic (exact) mass is 297 g/mol. The second-order valence-corrected chi connectivity index (χ2v) is 4.53. The molecule has 1 aromatic carbocycles. The van der Waals surface area contributed by atoms with Crippen LogP contribution in [-0.2, 0) is 6.54 Å². The Bertz CT molecular complexity index is 620. The molecule has 7 heteroatoms. The molecule has 0 saturated carbocycles. The van der Waals surface area contributed by atoms with Crippen LogP contribution in [0.4, 0.5) is 11.5 Å². The van der Waals surface area contributed by atoms with Gasteiger partial charge in [0.05, 0.1) is 17.1 Å². The fraction of sp³-hybridized carbons (Fsp3) is 0.0833. The van der Waals surface area contributed by atoms with Gasteiger partial charge >= 0.3 is 0 Å². The topological polar surface area (TPSA) is 68.1 Å². The Labute approximate surface area is 119 Å². The molecule has 0 atom stereocenters. The summed E-state index contributed by atoms with van der Waals surface area (Å²) < 4.78 is 0. The van der Waals surface area contributed by atoms with Crippen molar-refractivity contribution in [2.75, 3.05) is 5.32 Å². The summed E-state index contributed by atoms with van der Waals surface area (Å²) in [4.78, 5) is 14.2. The molecule has 2 rings (SSSR count). The Morgan fingerprint density at radius 3 is 2.68 bits per heavy atom. The Morgan fingerprint density at radius 1 is 1.26 bits per heavy atom. The van der Waals surface area contributed by atoms with E-state index in [4.69, 9.17) is 23.2 Å². The first kappa shape index (κ1) is 13.6. The van der Waals surface area contributed by atoms with Crippen LogP contribution in [0.15, 0.2) is 36.4 Å². The van der Waals surface area contributed by atoms with Gasteiger partial charge in [-0.3, -0.25) is 10.1 Å². The number of nitrogens with zero attached hydrogens (tertiary/aromatic N) is 2. The minimum atomic E-state index is -0.520. The second-order valence-electron chi connectivity index (χ2n) is 3.74. The number of hydrogen-bond acceptors (Lipinski definition) is 4. The summed E-state index contributed by atoms with van der Waals surface area (Å²) in [6.07, 6.45) is 0. The van der Waals surface area contributed by atoms with Crippen molar-refractivity contribution < 1.29 is 4.92 Å². The van der Waals surface area contributed by atoms with Crippen LogP contribution in [0.25, 0.3) is 0 Å². The van der Waals surface area contributed by atoms with Crippen LogP contribution >= 0.6 is 23.2 Å². The molecule has 19 heavy (non-hydrogen) atoms. The van der Waals surface area contributed by atoms with Gasteiger partial charge in [-0.25, -0.2) is 4.98 Å². The van der Waals surface area contributed by atoms with Gasteiger partial charge in [-0.2, -0.15) is 0 Å². The number of aromatic nitrogens is 1. The summed E-state index contributed by atoms with van der Waals surface area (Å²) in [5.74, 6) is 0.333. The molecular weight excluding hydrogens is 289 g/mol. The zero-order valence-corrected chi connectivity index (χ0v) is 11.1. The lowest BCUT2D eigenvalue weighted by atomic mass is 10.2. The Balaban J connectivity index is 2.16. The van der Waals surface area contributed by atoms with Crippen LogP contribution < -0.4 is 5.32 Å². The number of rotatable bonds is 4. The average Bonchev–Trinajstić information content (AvgIpc) is 2.37. The van der Waals surface area contributed by atoms with Gasteiger partial charge in [-0.1, -0.05) is 41.4 Å². The first-order valence-corrected chi connectivity index (χ1v) is 6.11. The number of anilines is 1. The van der Waals surface area contributed by atoms with Crippen LogP contribution in [0.3, 0.4) is 0 Å². The zero-order chi connectivity index (χ0) is 13.8. The summed E-state index contributed by atoms with van der Waals surface area (Å²) in [6.45, 7) is 0.407. The highest BCUT2D eigenvalue weighted by Crippen LogP contribution is 2.22. The molecule has 1 heterocycles. The third-order valence-corrected chi connectivity index (χ3v) is 2.97. The SMILES string of the molecule is O=[N+]([O-])c1cc(Cl)nc(NCc2ccccc2Cl)c1. The van der Waals surface area contributed by atoms with E-state index in [1.54, 1.807) is 6.07 Å². The average molecular weight is 298 g/mol. The van der Waals surface area contributed by atoms with Crippen molar-refractivity contribution in [1.82, 2.24) is 4.98 Å². The molecule has 1 aromatic heterocycles. The summed E-state index contributed by atoms with van der Waals surface area (Å²) in [7, 11) is 0.